The van der Waals surface area contributed by atoms with Crippen molar-refractivity contribution in [3.8, 4) is 44.8 Å². The fourth-order valence-electron chi connectivity index (χ4n) is 14.1. The van der Waals surface area contributed by atoms with E-state index in [2.05, 4.69) is 255 Å². The van der Waals surface area contributed by atoms with Gasteiger partial charge in [0.15, 0.2) is 0 Å². The molecule has 0 amide bonds. The molecule has 350 valence electrons. The Morgan fingerprint density at radius 3 is 1.34 bits per heavy atom. The first-order valence-electron chi connectivity index (χ1n) is 26.5. The SMILES string of the molecule is CC1(C)C2=C(CCC=C2)c2cc3c4cc(-c5ccc6c7ccc(-c8ccc9c(c8)c8cc%10c(cc8n9-c8ccccc8)C(C)(C)c8ccccc8-%10)cc7c7ccccc7c6c5)ccc4n(-c4ccccc4)c3cc21. The maximum absolute atomic E-state index is 2.53. The van der Waals surface area contributed by atoms with Gasteiger partial charge in [0, 0.05) is 43.7 Å². The predicted molar refractivity (Wildman–Crippen MR) is 314 cm³/mol. The lowest BCUT2D eigenvalue weighted by atomic mass is 9.80. The van der Waals surface area contributed by atoms with E-state index < -0.39 is 0 Å². The molecule has 0 N–H and O–H groups in total. The van der Waals surface area contributed by atoms with Gasteiger partial charge < -0.3 is 9.13 Å². The Labute approximate surface area is 430 Å². The third kappa shape index (κ3) is 5.66. The van der Waals surface area contributed by atoms with Crippen molar-refractivity contribution >= 4 is 81.5 Å². The van der Waals surface area contributed by atoms with Crippen LogP contribution >= 0.6 is 0 Å². The second-order valence-electron chi connectivity index (χ2n) is 22.3. The van der Waals surface area contributed by atoms with Gasteiger partial charge in [-0.3, -0.25) is 0 Å². The van der Waals surface area contributed by atoms with Crippen molar-refractivity contribution in [3.05, 3.63) is 246 Å². The molecule has 2 heterocycles. The first-order chi connectivity index (χ1) is 36.2. The summed E-state index contributed by atoms with van der Waals surface area (Å²) in [4.78, 5) is 0. The number of fused-ring (bicyclic) bond motifs is 17. The summed E-state index contributed by atoms with van der Waals surface area (Å²) in [7, 11) is 0. The molecular weight excluding hydrogens is 893 g/mol. The molecule has 0 fully saturated rings. The number of hydrogen-bond donors (Lipinski definition) is 0. The second-order valence-corrected chi connectivity index (χ2v) is 22.3. The third-order valence-electron chi connectivity index (χ3n) is 17.7. The fourth-order valence-corrected chi connectivity index (χ4v) is 14.1. The molecule has 0 spiro atoms. The fraction of sp³-hybridized carbons (Fsp3) is 0.111. The summed E-state index contributed by atoms with van der Waals surface area (Å²) in [5, 5.41) is 12.8. The summed E-state index contributed by atoms with van der Waals surface area (Å²) < 4.78 is 4.95. The minimum Gasteiger partial charge on any atom is -0.309 e. The molecule has 0 unspecified atom stereocenters. The number of benzene rings is 11. The lowest BCUT2D eigenvalue weighted by Gasteiger charge is -2.24. The van der Waals surface area contributed by atoms with Gasteiger partial charge in [0.1, 0.15) is 0 Å². The second kappa shape index (κ2) is 14.9. The number of allylic oxidation sites excluding steroid dienone is 4. The van der Waals surface area contributed by atoms with E-state index in [-0.39, 0.29) is 10.8 Å². The van der Waals surface area contributed by atoms with Gasteiger partial charge in [-0.05, 0) is 197 Å². The number of hydrogen-bond acceptors (Lipinski definition) is 0. The molecule has 0 aliphatic heterocycles. The van der Waals surface area contributed by atoms with Crippen LogP contribution in [0.5, 0.6) is 0 Å². The molecule has 0 saturated carbocycles. The zero-order valence-electron chi connectivity index (χ0n) is 42.1. The van der Waals surface area contributed by atoms with Crippen molar-refractivity contribution in [2.75, 3.05) is 0 Å². The number of nitrogens with zero attached hydrogens (tertiary/aromatic N) is 2. The quantitative estimate of drug-likeness (QED) is 0.156. The highest BCUT2D eigenvalue weighted by atomic mass is 15.0. The van der Waals surface area contributed by atoms with Gasteiger partial charge in [0.05, 0.1) is 22.1 Å². The molecule has 13 aromatic rings. The van der Waals surface area contributed by atoms with E-state index in [0.717, 1.165) is 12.8 Å². The Morgan fingerprint density at radius 2 is 0.770 bits per heavy atom. The minimum atomic E-state index is -0.0865. The van der Waals surface area contributed by atoms with Crippen LogP contribution in [0, 0.1) is 0 Å². The molecule has 2 aromatic heterocycles. The Balaban J connectivity index is 0.850. The van der Waals surface area contributed by atoms with Crippen LogP contribution in [0.25, 0.3) is 126 Å². The molecule has 74 heavy (non-hydrogen) atoms. The summed E-state index contributed by atoms with van der Waals surface area (Å²) in [5.74, 6) is 0. The summed E-state index contributed by atoms with van der Waals surface area (Å²) in [6, 6.07) is 78.4. The van der Waals surface area contributed by atoms with Gasteiger partial charge in [-0.15, -0.1) is 0 Å². The average Bonchev–Trinajstić information content (AvgIpc) is 4.10. The summed E-state index contributed by atoms with van der Waals surface area (Å²) in [6.45, 7) is 9.57. The molecule has 3 aliphatic carbocycles. The van der Waals surface area contributed by atoms with Crippen molar-refractivity contribution in [3.63, 3.8) is 0 Å². The van der Waals surface area contributed by atoms with Crippen LogP contribution in [0.3, 0.4) is 0 Å². The summed E-state index contributed by atoms with van der Waals surface area (Å²) in [5.41, 5.74) is 23.5. The zero-order valence-corrected chi connectivity index (χ0v) is 42.1. The van der Waals surface area contributed by atoms with Gasteiger partial charge in [0.25, 0.3) is 0 Å². The topological polar surface area (TPSA) is 9.86 Å². The smallest absolute Gasteiger partial charge is 0.0544 e. The molecule has 0 bridgehead atoms. The first kappa shape index (κ1) is 41.9. The number of para-hydroxylation sites is 2. The normalized spacial score (nSPS) is 15.3. The highest BCUT2D eigenvalue weighted by Crippen LogP contribution is 2.54. The van der Waals surface area contributed by atoms with Crippen LogP contribution in [-0.4, -0.2) is 9.13 Å². The molecule has 2 nitrogen and oxygen atoms in total. The van der Waals surface area contributed by atoms with Crippen molar-refractivity contribution in [1.29, 1.82) is 0 Å². The van der Waals surface area contributed by atoms with Crippen LogP contribution in [0.1, 0.15) is 62.8 Å². The van der Waals surface area contributed by atoms with Gasteiger partial charge in [-0.1, -0.05) is 161 Å². The highest BCUT2D eigenvalue weighted by Gasteiger charge is 2.39. The molecule has 0 radical (unpaired) electrons. The van der Waals surface area contributed by atoms with Gasteiger partial charge in [0.2, 0.25) is 0 Å². The number of rotatable bonds is 4. The van der Waals surface area contributed by atoms with Crippen LogP contribution in [0.15, 0.2) is 224 Å². The summed E-state index contributed by atoms with van der Waals surface area (Å²) in [6.07, 6.45) is 6.96. The van der Waals surface area contributed by atoms with E-state index in [0.29, 0.717) is 0 Å². The van der Waals surface area contributed by atoms with E-state index in [4.69, 9.17) is 0 Å². The van der Waals surface area contributed by atoms with Crippen molar-refractivity contribution in [2.24, 2.45) is 0 Å². The van der Waals surface area contributed by atoms with Gasteiger partial charge >= 0.3 is 0 Å². The van der Waals surface area contributed by atoms with E-state index in [1.54, 1.807) is 0 Å². The molecule has 11 aromatic carbocycles. The average molecular weight is 945 g/mol. The first-order valence-corrected chi connectivity index (χ1v) is 26.5. The molecule has 16 rings (SSSR count). The Morgan fingerprint density at radius 1 is 0.324 bits per heavy atom. The standard InChI is InChI=1S/C72H52N2/c1-71(2)63-25-15-13-23-53(63)57-39-61-59-37-45(29-33-67(59)73(69(61)41-65(57)71)47-17-7-5-8-18-47)43-27-31-51-52-32-28-44(36-56(52)50-22-12-11-21-49(50)55(51)35-43)46-30-34-68-60(38-46)62-40-58-54-24-14-16-26-64(54)72(3,4)66(58)42-70(62)74(68)48-19-9-6-10-20-48/h5-13,15-23,25-42H,14,24H2,1-4H3. The molecular formula is C72H52N2. The monoisotopic (exact) mass is 944 g/mol. The van der Waals surface area contributed by atoms with Gasteiger partial charge in [-0.25, -0.2) is 0 Å². The minimum absolute atomic E-state index is 0.0369. The Bertz CT molecular complexity index is 4660. The van der Waals surface area contributed by atoms with E-state index in [1.807, 2.05) is 0 Å². The summed E-state index contributed by atoms with van der Waals surface area (Å²) >= 11 is 0. The third-order valence-corrected chi connectivity index (χ3v) is 17.7. The maximum atomic E-state index is 2.53. The van der Waals surface area contributed by atoms with E-state index in [1.165, 1.54) is 154 Å². The maximum Gasteiger partial charge on any atom is 0.0544 e. The van der Waals surface area contributed by atoms with Crippen molar-refractivity contribution < 1.29 is 0 Å². The van der Waals surface area contributed by atoms with Crippen molar-refractivity contribution in [2.45, 2.75) is 51.4 Å². The van der Waals surface area contributed by atoms with Crippen LogP contribution in [0.4, 0.5) is 0 Å². The lowest BCUT2D eigenvalue weighted by Crippen LogP contribution is -2.16. The van der Waals surface area contributed by atoms with E-state index >= 15 is 0 Å². The molecule has 2 heteroatoms. The van der Waals surface area contributed by atoms with Gasteiger partial charge in [-0.2, -0.15) is 0 Å². The molecule has 3 aliphatic rings. The lowest BCUT2D eigenvalue weighted by molar-refractivity contribution is 0.652. The van der Waals surface area contributed by atoms with Crippen LogP contribution < -0.4 is 0 Å². The van der Waals surface area contributed by atoms with Crippen LogP contribution in [-0.2, 0) is 10.8 Å². The zero-order chi connectivity index (χ0) is 49.2. The van der Waals surface area contributed by atoms with E-state index in [9.17, 15) is 0 Å². The Hall–Kier alpha value is -8.72. The molecule has 0 atom stereocenters. The Kier molecular flexibility index (Phi) is 8.45. The number of aromatic nitrogens is 2. The van der Waals surface area contributed by atoms with Crippen molar-refractivity contribution in [1.82, 2.24) is 9.13 Å². The van der Waals surface area contributed by atoms with Crippen LogP contribution in [0.2, 0.25) is 0 Å². The highest BCUT2D eigenvalue weighted by molar-refractivity contribution is 6.26. The predicted octanol–water partition coefficient (Wildman–Crippen LogP) is 19.4. The molecule has 0 saturated heterocycles. The largest absolute Gasteiger partial charge is 0.309 e.